The van der Waals surface area contributed by atoms with Crippen LogP contribution in [0.4, 0.5) is 0 Å². The Morgan fingerprint density at radius 2 is 1.12 bits per heavy atom. The molecule has 0 bridgehead atoms. The molecule has 3 rings (SSSR count). The molecule has 1 N–H and O–H groups in total. The molecule has 0 unspecified atom stereocenters. The minimum absolute atomic E-state index is 0.0611. The standard InChI is InChI=1S/C34H51BN4O2/c1-11-33(12-2,13-3)29-37-28(38-30(39-29)34(14-4,15-5)16-6)25-19-22-27(36-23-25)24-17-20-26(21-18-24)35-41-32(9,10)31(7,8)40/h17-23,35,40H,11-16H2,1-10H3. The fraction of sp³-hybridized carbons (Fsp3) is 0.588. The van der Waals surface area contributed by atoms with Crippen molar-refractivity contribution in [2.24, 2.45) is 0 Å². The van der Waals surface area contributed by atoms with E-state index in [2.05, 4.69) is 71.9 Å². The van der Waals surface area contributed by atoms with Crippen molar-refractivity contribution in [2.45, 2.75) is 130 Å². The predicted molar refractivity (Wildman–Crippen MR) is 172 cm³/mol. The van der Waals surface area contributed by atoms with Crippen LogP contribution in [0.25, 0.3) is 22.6 Å². The van der Waals surface area contributed by atoms with E-state index < -0.39 is 11.2 Å². The quantitative estimate of drug-likeness (QED) is 0.213. The Balaban J connectivity index is 1.95. The van der Waals surface area contributed by atoms with Gasteiger partial charge in [0.15, 0.2) is 5.82 Å². The largest absolute Gasteiger partial charge is 0.427 e. The summed E-state index contributed by atoms with van der Waals surface area (Å²) in [5, 5.41) is 10.4. The number of aromatic nitrogens is 4. The zero-order chi connectivity index (χ0) is 30.5. The second-order valence-electron chi connectivity index (χ2n) is 12.5. The summed E-state index contributed by atoms with van der Waals surface area (Å²) in [6, 6.07) is 12.3. The molecule has 2 heterocycles. The monoisotopic (exact) mass is 558 g/mol. The highest BCUT2D eigenvalue weighted by Crippen LogP contribution is 2.38. The summed E-state index contributed by atoms with van der Waals surface area (Å²) in [6.07, 6.45) is 7.85. The van der Waals surface area contributed by atoms with Crippen LogP contribution < -0.4 is 5.46 Å². The Labute approximate surface area is 249 Å². The highest BCUT2D eigenvalue weighted by Gasteiger charge is 2.36. The molecule has 0 spiro atoms. The van der Waals surface area contributed by atoms with Gasteiger partial charge in [0.2, 0.25) is 0 Å². The molecule has 0 radical (unpaired) electrons. The van der Waals surface area contributed by atoms with Gasteiger partial charge in [0.05, 0.1) is 16.9 Å². The van der Waals surface area contributed by atoms with Gasteiger partial charge in [0, 0.05) is 28.2 Å². The van der Waals surface area contributed by atoms with E-state index in [4.69, 9.17) is 24.6 Å². The van der Waals surface area contributed by atoms with Crippen LogP contribution in [0.2, 0.25) is 0 Å². The van der Waals surface area contributed by atoms with Crippen molar-refractivity contribution in [1.82, 2.24) is 19.9 Å². The predicted octanol–water partition coefficient (Wildman–Crippen LogP) is 7.08. The van der Waals surface area contributed by atoms with Crippen molar-refractivity contribution in [1.29, 1.82) is 0 Å². The minimum atomic E-state index is -0.936. The lowest BCUT2D eigenvalue weighted by molar-refractivity contribution is -0.0893. The summed E-state index contributed by atoms with van der Waals surface area (Å²) in [5.74, 6) is 2.55. The molecule has 1 aromatic carbocycles. The molecular weight excluding hydrogens is 507 g/mol. The third-order valence-electron chi connectivity index (χ3n) is 9.99. The molecule has 222 valence electrons. The lowest BCUT2D eigenvalue weighted by atomic mass is 9.77. The zero-order valence-corrected chi connectivity index (χ0v) is 27.1. The highest BCUT2D eigenvalue weighted by molar-refractivity contribution is 6.47. The molecule has 0 amide bonds. The van der Waals surface area contributed by atoms with E-state index in [1.807, 2.05) is 26.1 Å². The van der Waals surface area contributed by atoms with Crippen LogP contribution in [0.15, 0.2) is 42.6 Å². The Hall–Kier alpha value is -2.64. The normalized spacial score (nSPS) is 13.0. The fourth-order valence-corrected chi connectivity index (χ4v) is 5.34. The number of pyridine rings is 1. The molecule has 0 aliphatic rings. The van der Waals surface area contributed by atoms with Crippen molar-refractivity contribution in [2.75, 3.05) is 0 Å². The molecule has 0 fully saturated rings. The summed E-state index contributed by atoms with van der Waals surface area (Å²) in [7, 11) is 0.428. The van der Waals surface area contributed by atoms with E-state index in [0.29, 0.717) is 13.3 Å². The first-order valence-corrected chi connectivity index (χ1v) is 15.5. The van der Waals surface area contributed by atoms with Gasteiger partial charge in [-0.05, 0) is 78.4 Å². The third kappa shape index (κ3) is 6.89. The first-order chi connectivity index (χ1) is 19.3. The van der Waals surface area contributed by atoms with Crippen LogP contribution in [0, 0.1) is 0 Å². The SMILES string of the molecule is CCC(CC)(CC)c1nc(-c2ccc(-c3ccc(BOC(C)(C)C(C)(C)O)cc3)nc2)nc(C(CC)(CC)CC)n1. The van der Waals surface area contributed by atoms with Gasteiger partial charge in [-0.2, -0.15) is 0 Å². The van der Waals surface area contributed by atoms with Crippen LogP contribution in [0.5, 0.6) is 0 Å². The fourth-order valence-electron chi connectivity index (χ4n) is 5.34. The van der Waals surface area contributed by atoms with Crippen LogP contribution in [-0.4, -0.2) is 43.7 Å². The van der Waals surface area contributed by atoms with Gasteiger partial charge in [-0.3, -0.25) is 4.98 Å². The number of hydrogen-bond donors (Lipinski definition) is 1. The molecule has 3 aromatic rings. The number of benzene rings is 1. The molecule has 0 aliphatic carbocycles. The summed E-state index contributed by atoms with van der Waals surface area (Å²) >= 11 is 0. The van der Waals surface area contributed by atoms with Crippen LogP contribution in [0.1, 0.15) is 119 Å². The third-order valence-corrected chi connectivity index (χ3v) is 9.99. The number of aliphatic hydroxyl groups is 1. The van der Waals surface area contributed by atoms with E-state index in [9.17, 15) is 5.11 Å². The highest BCUT2D eigenvalue weighted by atomic mass is 16.5. The molecular formula is C34H51BN4O2. The van der Waals surface area contributed by atoms with Gasteiger partial charge in [0.25, 0.3) is 0 Å². The first kappa shape index (κ1) is 32.9. The number of rotatable bonds is 14. The Morgan fingerprint density at radius 3 is 1.51 bits per heavy atom. The lowest BCUT2D eigenvalue weighted by Crippen LogP contribution is -2.49. The molecule has 0 saturated heterocycles. The summed E-state index contributed by atoms with van der Waals surface area (Å²) < 4.78 is 6.02. The topological polar surface area (TPSA) is 81.0 Å². The van der Waals surface area contributed by atoms with Gasteiger partial charge in [-0.15, -0.1) is 0 Å². The maximum absolute atomic E-state index is 10.4. The average Bonchev–Trinajstić information content (AvgIpc) is 2.98. The van der Waals surface area contributed by atoms with Gasteiger partial charge in [-0.1, -0.05) is 71.3 Å². The summed E-state index contributed by atoms with van der Waals surface area (Å²) in [6.45, 7) is 20.8. The maximum atomic E-state index is 10.4. The van der Waals surface area contributed by atoms with Crippen molar-refractivity contribution in [3.05, 3.63) is 54.2 Å². The molecule has 7 heteroatoms. The van der Waals surface area contributed by atoms with Gasteiger partial charge in [-0.25, -0.2) is 15.0 Å². The van der Waals surface area contributed by atoms with E-state index in [1.165, 1.54) is 0 Å². The molecule has 0 saturated carbocycles. The number of hydrogen-bond acceptors (Lipinski definition) is 6. The molecule has 41 heavy (non-hydrogen) atoms. The molecule has 0 atom stereocenters. The van der Waals surface area contributed by atoms with Gasteiger partial charge in [0.1, 0.15) is 11.6 Å². The minimum Gasteiger partial charge on any atom is -0.427 e. The lowest BCUT2D eigenvalue weighted by Gasteiger charge is -2.37. The van der Waals surface area contributed by atoms with Crippen molar-refractivity contribution < 1.29 is 9.76 Å². The number of nitrogens with zero attached hydrogens (tertiary/aromatic N) is 4. The van der Waals surface area contributed by atoms with E-state index >= 15 is 0 Å². The van der Waals surface area contributed by atoms with Crippen LogP contribution in [0.3, 0.4) is 0 Å². The van der Waals surface area contributed by atoms with Crippen LogP contribution >= 0.6 is 0 Å². The average molecular weight is 559 g/mol. The Bertz CT molecular complexity index is 1200. The van der Waals surface area contributed by atoms with Gasteiger partial charge >= 0.3 is 7.48 Å². The molecule has 6 nitrogen and oxygen atoms in total. The Morgan fingerprint density at radius 1 is 0.659 bits per heavy atom. The molecule has 0 aliphatic heterocycles. The zero-order valence-electron chi connectivity index (χ0n) is 27.1. The van der Waals surface area contributed by atoms with Crippen LogP contribution in [-0.2, 0) is 15.5 Å². The van der Waals surface area contributed by atoms with E-state index in [0.717, 1.165) is 72.5 Å². The summed E-state index contributed by atoms with van der Waals surface area (Å²) in [5.41, 5.74) is 2.16. The van der Waals surface area contributed by atoms with E-state index in [-0.39, 0.29) is 10.8 Å². The van der Waals surface area contributed by atoms with Gasteiger partial charge < -0.3 is 9.76 Å². The van der Waals surface area contributed by atoms with Crippen molar-refractivity contribution in [3.63, 3.8) is 0 Å². The second-order valence-corrected chi connectivity index (χ2v) is 12.5. The summed E-state index contributed by atoms with van der Waals surface area (Å²) in [4.78, 5) is 20.2. The smallest absolute Gasteiger partial charge is 0.309 e. The van der Waals surface area contributed by atoms with Crippen molar-refractivity contribution >= 4 is 12.9 Å². The molecule has 2 aromatic heterocycles. The first-order valence-electron chi connectivity index (χ1n) is 15.5. The Kier molecular flexibility index (Phi) is 10.5. The maximum Gasteiger partial charge on any atom is 0.309 e. The van der Waals surface area contributed by atoms with E-state index in [1.54, 1.807) is 13.8 Å². The van der Waals surface area contributed by atoms with Crippen molar-refractivity contribution in [3.8, 4) is 22.6 Å². The second kappa shape index (κ2) is 13.1.